The van der Waals surface area contributed by atoms with Gasteiger partial charge < -0.3 is 14.3 Å². The second kappa shape index (κ2) is 4.66. The molecule has 0 atom stereocenters. The lowest BCUT2D eigenvalue weighted by Gasteiger charge is -2.25. The van der Waals surface area contributed by atoms with Gasteiger partial charge in [-0.05, 0) is 23.8 Å². The molecule has 1 aromatic carbocycles. The molecule has 1 N–H and O–H groups in total. The Morgan fingerprint density at radius 3 is 2.89 bits per heavy atom. The van der Waals surface area contributed by atoms with Crippen LogP contribution in [0.2, 0.25) is 0 Å². The van der Waals surface area contributed by atoms with Crippen molar-refractivity contribution in [1.82, 2.24) is 0 Å². The van der Waals surface area contributed by atoms with Crippen LogP contribution < -0.4 is 0 Å². The number of fused-ring (bicyclic) bond motifs is 1. The molecule has 1 aliphatic rings. The van der Waals surface area contributed by atoms with Crippen LogP contribution in [0, 0.1) is 0 Å². The van der Waals surface area contributed by atoms with E-state index in [1.165, 1.54) is 5.56 Å². The van der Waals surface area contributed by atoms with Crippen LogP contribution in [0.4, 0.5) is 0 Å². The second-order valence-electron chi connectivity index (χ2n) is 4.26. The first kappa shape index (κ1) is 11.6. The summed E-state index contributed by atoms with van der Waals surface area (Å²) in [6.45, 7) is 1.67. The van der Waals surface area contributed by atoms with E-state index < -0.39 is 5.97 Å². The van der Waals surface area contributed by atoms with E-state index in [0.717, 1.165) is 24.4 Å². The van der Waals surface area contributed by atoms with E-state index in [0.29, 0.717) is 10.8 Å². The zero-order valence-electron chi connectivity index (χ0n) is 9.59. The maximum absolute atomic E-state index is 10.8. The third-order valence-corrected chi connectivity index (χ3v) is 4.13. The molecule has 0 spiro atoms. The summed E-state index contributed by atoms with van der Waals surface area (Å²) in [6.07, 6.45) is 0. The molecule has 2 aromatic rings. The number of hydrogen-bond donors (Lipinski definition) is 1. The molecule has 0 amide bonds. The van der Waals surface area contributed by atoms with Gasteiger partial charge in [0.1, 0.15) is 5.58 Å². The molecule has 0 unspecified atom stereocenters. The number of benzene rings is 1. The Kier molecular flexibility index (Phi) is 3.01. The first-order valence-corrected chi connectivity index (χ1v) is 6.72. The van der Waals surface area contributed by atoms with Crippen LogP contribution in [0.25, 0.3) is 11.0 Å². The van der Waals surface area contributed by atoms with Crippen LogP contribution in [-0.4, -0.2) is 29.5 Å². The zero-order valence-corrected chi connectivity index (χ0v) is 10.4. The van der Waals surface area contributed by atoms with Crippen molar-refractivity contribution in [2.45, 2.75) is 11.0 Å². The SMILES string of the molecule is O=C(O)c1cc2cc(CSC3COC3)ccc2o1. The molecule has 2 heterocycles. The van der Waals surface area contributed by atoms with Gasteiger partial charge in [-0.1, -0.05) is 6.07 Å². The average Bonchev–Trinajstić information content (AvgIpc) is 2.70. The highest BCUT2D eigenvalue weighted by molar-refractivity contribution is 7.99. The molecule has 1 aliphatic heterocycles. The van der Waals surface area contributed by atoms with Crippen LogP contribution in [0.1, 0.15) is 16.1 Å². The largest absolute Gasteiger partial charge is 0.475 e. The van der Waals surface area contributed by atoms with E-state index in [9.17, 15) is 4.79 Å². The third kappa shape index (κ3) is 2.23. The number of thioether (sulfide) groups is 1. The highest BCUT2D eigenvalue weighted by atomic mass is 32.2. The average molecular weight is 264 g/mol. The van der Waals surface area contributed by atoms with Crippen molar-refractivity contribution in [2.75, 3.05) is 13.2 Å². The molecule has 4 nitrogen and oxygen atoms in total. The molecule has 0 radical (unpaired) electrons. The highest BCUT2D eigenvalue weighted by Crippen LogP contribution is 2.26. The van der Waals surface area contributed by atoms with Gasteiger partial charge >= 0.3 is 5.97 Å². The van der Waals surface area contributed by atoms with E-state index in [2.05, 4.69) is 0 Å². The van der Waals surface area contributed by atoms with Gasteiger partial charge in [0.15, 0.2) is 0 Å². The number of hydrogen-bond acceptors (Lipinski definition) is 4. The molecule has 18 heavy (non-hydrogen) atoms. The number of furan rings is 1. The van der Waals surface area contributed by atoms with Crippen LogP contribution in [0.15, 0.2) is 28.7 Å². The first-order chi connectivity index (χ1) is 8.72. The van der Waals surface area contributed by atoms with Crippen molar-refractivity contribution in [3.63, 3.8) is 0 Å². The predicted octanol–water partition coefficient (Wildman–Crippen LogP) is 2.76. The van der Waals surface area contributed by atoms with Gasteiger partial charge in [-0.3, -0.25) is 0 Å². The van der Waals surface area contributed by atoms with Crippen molar-refractivity contribution in [3.05, 3.63) is 35.6 Å². The second-order valence-corrected chi connectivity index (χ2v) is 5.55. The number of carbonyl (C=O) groups is 1. The molecular formula is C13H12O4S. The molecule has 1 saturated heterocycles. The number of carboxylic acid groups (broad SMARTS) is 1. The van der Waals surface area contributed by atoms with E-state index in [-0.39, 0.29) is 5.76 Å². The van der Waals surface area contributed by atoms with Crippen LogP contribution in [0.5, 0.6) is 0 Å². The smallest absolute Gasteiger partial charge is 0.371 e. The molecule has 94 valence electrons. The third-order valence-electron chi connectivity index (χ3n) is 2.88. The quantitative estimate of drug-likeness (QED) is 0.920. The van der Waals surface area contributed by atoms with Gasteiger partial charge in [-0.2, -0.15) is 0 Å². The molecular weight excluding hydrogens is 252 g/mol. The minimum absolute atomic E-state index is 0.0119. The van der Waals surface area contributed by atoms with Crippen LogP contribution >= 0.6 is 11.8 Å². The predicted molar refractivity (Wildman–Crippen MR) is 69.1 cm³/mol. The number of rotatable bonds is 4. The Morgan fingerprint density at radius 2 is 2.22 bits per heavy atom. The Balaban J connectivity index is 1.78. The fraction of sp³-hybridized carbons (Fsp3) is 0.308. The lowest BCUT2D eigenvalue weighted by molar-refractivity contribution is 0.0455. The molecule has 5 heteroatoms. The molecule has 3 rings (SSSR count). The summed E-state index contributed by atoms with van der Waals surface area (Å²) in [5.41, 5.74) is 1.80. The van der Waals surface area contributed by atoms with E-state index in [1.807, 2.05) is 30.0 Å². The number of carboxylic acids is 1. The van der Waals surface area contributed by atoms with Crippen molar-refractivity contribution in [2.24, 2.45) is 0 Å². The molecule has 1 fully saturated rings. The summed E-state index contributed by atoms with van der Waals surface area (Å²) < 4.78 is 10.3. The molecule has 1 aromatic heterocycles. The number of ether oxygens (including phenoxy) is 1. The summed E-state index contributed by atoms with van der Waals surface area (Å²) in [6, 6.07) is 7.36. The van der Waals surface area contributed by atoms with Gasteiger partial charge in [0.25, 0.3) is 0 Å². The monoisotopic (exact) mass is 264 g/mol. The lowest BCUT2D eigenvalue weighted by atomic mass is 10.2. The van der Waals surface area contributed by atoms with Crippen molar-refractivity contribution in [1.29, 1.82) is 0 Å². The fourth-order valence-electron chi connectivity index (χ4n) is 1.81. The summed E-state index contributed by atoms with van der Waals surface area (Å²) in [7, 11) is 0. The zero-order chi connectivity index (χ0) is 12.5. The maximum atomic E-state index is 10.8. The Labute approximate surface area is 108 Å². The summed E-state index contributed by atoms with van der Waals surface area (Å²) in [4.78, 5) is 10.8. The van der Waals surface area contributed by atoms with Crippen LogP contribution in [0.3, 0.4) is 0 Å². The van der Waals surface area contributed by atoms with Gasteiger partial charge in [0.2, 0.25) is 5.76 Å². The Hall–Kier alpha value is -1.46. The Bertz CT molecular complexity index is 586. The molecule has 0 saturated carbocycles. The summed E-state index contributed by atoms with van der Waals surface area (Å²) in [5, 5.41) is 10.3. The van der Waals surface area contributed by atoms with Gasteiger partial charge in [-0.15, -0.1) is 11.8 Å². The topological polar surface area (TPSA) is 59.7 Å². The highest BCUT2D eigenvalue weighted by Gasteiger charge is 2.18. The first-order valence-electron chi connectivity index (χ1n) is 5.67. The standard InChI is InChI=1S/C13H12O4S/c14-13(15)12-4-9-3-8(1-2-11(9)17-12)7-18-10-5-16-6-10/h1-4,10H,5-7H2,(H,14,15). The van der Waals surface area contributed by atoms with Gasteiger partial charge in [0, 0.05) is 11.1 Å². The fourth-order valence-corrected chi connectivity index (χ4v) is 2.80. The van der Waals surface area contributed by atoms with Crippen molar-refractivity contribution < 1.29 is 19.1 Å². The molecule has 0 bridgehead atoms. The number of aromatic carboxylic acids is 1. The van der Waals surface area contributed by atoms with Gasteiger partial charge in [-0.25, -0.2) is 4.79 Å². The maximum Gasteiger partial charge on any atom is 0.371 e. The minimum atomic E-state index is -1.03. The minimum Gasteiger partial charge on any atom is -0.475 e. The lowest BCUT2D eigenvalue weighted by Crippen LogP contribution is -2.30. The van der Waals surface area contributed by atoms with Crippen molar-refractivity contribution in [3.8, 4) is 0 Å². The summed E-state index contributed by atoms with van der Waals surface area (Å²) in [5.74, 6) is -0.131. The summed E-state index contributed by atoms with van der Waals surface area (Å²) >= 11 is 1.87. The van der Waals surface area contributed by atoms with Crippen LogP contribution in [-0.2, 0) is 10.5 Å². The van der Waals surface area contributed by atoms with E-state index in [4.69, 9.17) is 14.3 Å². The molecule has 0 aliphatic carbocycles. The normalized spacial score (nSPS) is 15.8. The van der Waals surface area contributed by atoms with E-state index in [1.54, 1.807) is 6.07 Å². The van der Waals surface area contributed by atoms with E-state index >= 15 is 0 Å². The Morgan fingerprint density at radius 1 is 1.39 bits per heavy atom. The van der Waals surface area contributed by atoms with Gasteiger partial charge in [0.05, 0.1) is 18.5 Å². The van der Waals surface area contributed by atoms with Crippen molar-refractivity contribution >= 4 is 28.7 Å².